The van der Waals surface area contributed by atoms with Gasteiger partial charge in [-0.2, -0.15) is 4.98 Å². The number of hydrogen-bond donors (Lipinski definition) is 0. The molecule has 1 amide bonds. The molecule has 9 nitrogen and oxygen atoms in total. The highest BCUT2D eigenvalue weighted by Gasteiger charge is 2.34. The third kappa shape index (κ3) is 3.33. The first-order chi connectivity index (χ1) is 14.3. The van der Waals surface area contributed by atoms with E-state index < -0.39 is 0 Å². The first kappa shape index (κ1) is 17.1. The van der Waals surface area contributed by atoms with E-state index >= 15 is 0 Å². The van der Waals surface area contributed by atoms with Gasteiger partial charge in [0.2, 0.25) is 5.82 Å². The van der Waals surface area contributed by atoms with Gasteiger partial charge in [0, 0.05) is 12.4 Å². The van der Waals surface area contributed by atoms with E-state index in [1.54, 1.807) is 29.6 Å². The van der Waals surface area contributed by atoms with Crippen molar-refractivity contribution in [3.63, 3.8) is 0 Å². The van der Waals surface area contributed by atoms with Crippen LogP contribution in [-0.4, -0.2) is 50.1 Å². The van der Waals surface area contributed by atoms with Crippen LogP contribution in [0.3, 0.4) is 0 Å². The van der Waals surface area contributed by atoms with Crippen LogP contribution in [0.25, 0.3) is 23.0 Å². The maximum Gasteiger partial charge on any atom is 0.262 e. The molecule has 4 heterocycles. The lowest BCUT2D eigenvalue weighted by Gasteiger charge is -2.38. The third-order valence-electron chi connectivity index (χ3n) is 4.53. The van der Waals surface area contributed by atoms with E-state index in [-0.39, 0.29) is 12.0 Å². The quantitative estimate of drug-likeness (QED) is 0.513. The number of nitrogens with zero attached hydrogens (tertiary/aromatic N) is 5. The van der Waals surface area contributed by atoms with Crippen molar-refractivity contribution in [3.8, 4) is 28.7 Å². The molecule has 0 radical (unpaired) electrons. The van der Waals surface area contributed by atoms with Crippen LogP contribution in [0.2, 0.25) is 0 Å². The van der Waals surface area contributed by atoms with Crippen LogP contribution >= 0.6 is 0 Å². The Labute approximate surface area is 165 Å². The molecule has 144 valence electrons. The Morgan fingerprint density at radius 3 is 2.86 bits per heavy atom. The van der Waals surface area contributed by atoms with Crippen molar-refractivity contribution in [1.82, 2.24) is 25.0 Å². The van der Waals surface area contributed by atoms with Crippen molar-refractivity contribution in [2.75, 3.05) is 13.1 Å². The number of rotatable bonds is 5. The average Bonchev–Trinajstić information content (AvgIpc) is 3.43. The molecule has 1 saturated heterocycles. The fourth-order valence-electron chi connectivity index (χ4n) is 3.02. The molecule has 1 aliphatic heterocycles. The van der Waals surface area contributed by atoms with Crippen molar-refractivity contribution in [3.05, 3.63) is 67.0 Å². The Kier molecular flexibility index (Phi) is 4.24. The van der Waals surface area contributed by atoms with Gasteiger partial charge in [-0.1, -0.05) is 17.3 Å². The topological polar surface area (TPSA) is 107 Å². The molecule has 0 atom stereocenters. The van der Waals surface area contributed by atoms with Crippen LogP contribution in [0.4, 0.5) is 0 Å². The van der Waals surface area contributed by atoms with Crippen molar-refractivity contribution >= 4 is 5.91 Å². The molecule has 0 saturated carbocycles. The van der Waals surface area contributed by atoms with Gasteiger partial charge in [0.25, 0.3) is 11.8 Å². The molecule has 0 aliphatic carbocycles. The molecule has 1 aromatic carbocycles. The number of amides is 1. The van der Waals surface area contributed by atoms with E-state index in [1.807, 2.05) is 24.3 Å². The van der Waals surface area contributed by atoms with Crippen LogP contribution in [0.5, 0.6) is 5.75 Å². The van der Waals surface area contributed by atoms with Gasteiger partial charge in [-0.3, -0.25) is 9.78 Å². The Hall–Kier alpha value is -4.01. The Balaban J connectivity index is 1.30. The molecular weight excluding hydrogens is 374 g/mol. The molecule has 0 spiro atoms. The molecule has 9 heteroatoms. The van der Waals surface area contributed by atoms with Crippen LogP contribution in [0, 0.1) is 0 Å². The summed E-state index contributed by atoms with van der Waals surface area (Å²) >= 11 is 0. The Morgan fingerprint density at radius 2 is 2.07 bits per heavy atom. The predicted octanol–water partition coefficient (Wildman–Crippen LogP) is 2.69. The first-order valence-corrected chi connectivity index (χ1v) is 8.95. The summed E-state index contributed by atoms with van der Waals surface area (Å²) in [7, 11) is 0. The summed E-state index contributed by atoms with van der Waals surface area (Å²) in [6, 6.07) is 9.06. The molecule has 0 N–H and O–H groups in total. The van der Waals surface area contributed by atoms with E-state index in [0.29, 0.717) is 47.4 Å². The monoisotopic (exact) mass is 389 g/mol. The zero-order valence-electron chi connectivity index (χ0n) is 15.1. The molecule has 4 aromatic rings. The minimum atomic E-state index is -0.116. The number of benzene rings is 1. The highest BCUT2D eigenvalue weighted by Crippen LogP contribution is 2.31. The lowest BCUT2D eigenvalue weighted by atomic mass is 10.1. The number of hydrogen-bond acceptors (Lipinski definition) is 8. The van der Waals surface area contributed by atoms with Gasteiger partial charge in [0.1, 0.15) is 23.8 Å². The predicted molar refractivity (Wildman–Crippen MR) is 99.8 cm³/mol. The number of furan rings is 1. The molecule has 29 heavy (non-hydrogen) atoms. The van der Waals surface area contributed by atoms with Gasteiger partial charge in [-0.05, 0) is 18.2 Å². The lowest BCUT2D eigenvalue weighted by molar-refractivity contribution is 0.0179. The maximum atomic E-state index is 12.3. The van der Waals surface area contributed by atoms with Crippen molar-refractivity contribution in [2.45, 2.75) is 6.10 Å². The van der Waals surface area contributed by atoms with Gasteiger partial charge in [-0.15, -0.1) is 0 Å². The standard InChI is InChI=1S/C20H15N5O4/c26-20(13-5-8-27-12-13)25-10-14(11-25)28-17-4-2-1-3-15(17)19-23-18(24-29-19)16-9-21-6-7-22-16/h1-9,12,14H,10-11H2. The van der Waals surface area contributed by atoms with Crippen LogP contribution in [0.15, 0.2) is 70.4 Å². The van der Waals surface area contributed by atoms with E-state index in [9.17, 15) is 4.79 Å². The summed E-state index contributed by atoms with van der Waals surface area (Å²) in [6.45, 7) is 0.986. The second kappa shape index (κ2) is 7.19. The van der Waals surface area contributed by atoms with Crippen molar-refractivity contribution < 1.29 is 18.5 Å². The SMILES string of the molecule is O=C(c1ccoc1)N1CC(Oc2ccccc2-c2nc(-c3cnccn3)no2)C1. The summed E-state index contributed by atoms with van der Waals surface area (Å²) in [4.78, 5) is 26.6. The highest BCUT2D eigenvalue weighted by atomic mass is 16.5. The summed E-state index contributed by atoms with van der Waals surface area (Å²) < 4.78 is 16.4. The normalized spacial score (nSPS) is 13.9. The van der Waals surface area contributed by atoms with Gasteiger partial charge in [-0.25, -0.2) is 4.98 Å². The number of carbonyl (C=O) groups is 1. The highest BCUT2D eigenvalue weighted by molar-refractivity contribution is 5.94. The number of ether oxygens (including phenoxy) is 1. The zero-order valence-corrected chi connectivity index (χ0v) is 15.1. The fourth-order valence-corrected chi connectivity index (χ4v) is 3.02. The smallest absolute Gasteiger partial charge is 0.262 e. The lowest BCUT2D eigenvalue weighted by Crippen LogP contribution is -2.56. The zero-order chi connectivity index (χ0) is 19.6. The van der Waals surface area contributed by atoms with Gasteiger partial charge < -0.3 is 18.6 Å². The fraction of sp³-hybridized carbons (Fsp3) is 0.150. The number of aromatic nitrogens is 4. The van der Waals surface area contributed by atoms with Crippen molar-refractivity contribution in [2.24, 2.45) is 0 Å². The summed E-state index contributed by atoms with van der Waals surface area (Å²) in [5, 5.41) is 3.98. The van der Waals surface area contributed by atoms with Crippen LogP contribution in [-0.2, 0) is 0 Å². The number of likely N-dealkylation sites (tertiary alicyclic amines) is 1. The van der Waals surface area contributed by atoms with Gasteiger partial charge >= 0.3 is 0 Å². The molecule has 3 aromatic heterocycles. The second-order valence-electron chi connectivity index (χ2n) is 6.47. The average molecular weight is 389 g/mol. The maximum absolute atomic E-state index is 12.3. The van der Waals surface area contributed by atoms with Gasteiger partial charge in [0.15, 0.2) is 0 Å². The minimum Gasteiger partial charge on any atom is -0.486 e. The Bertz CT molecular complexity index is 1120. The first-order valence-electron chi connectivity index (χ1n) is 8.95. The van der Waals surface area contributed by atoms with E-state index in [0.717, 1.165) is 0 Å². The number of carbonyl (C=O) groups excluding carboxylic acids is 1. The van der Waals surface area contributed by atoms with Crippen LogP contribution in [0.1, 0.15) is 10.4 Å². The summed E-state index contributed by atoms with van der Waals surface area (Å²) in [5.41, 5.74) is 1.73. The Morgan fingerprint density at radius 1 is 1.17 bits per heavy atom. The second-order valence-corrected chi connectivity index (χ2v) is 6.47. The van der Waals surface area contributed by atoms with E-state index in [4.69, 9.17) is 13.7 Å². The largest absolute Gasteiger partial charge is 0.486 e. The molecule has 5 rings (SSSR count). The molecular formula is C20H15N5O4. The van der Waals surface area contributed by atoms with Gasteiger partial charge in [0.05, 0.1) is 36.7 Å². The number of para-hydroxylation sites is 1. The minimum absolute atomic E-state index is 0.0719. The molecule has 1 fully saturated rings. The van der Waals surface area contributed by atoms with Crippen molar-refractivity contribution in [1.29, 1.82) is 0 Å². The van der Waals surface area contributed by atoms with E-state index in [2.05, 4.69) is 20.1 Å². The molecule has 1 aliphatic rings. The third-order valence-corrected chi connectivity index (χ3v) is 4.53. The summed E-state index contributed by atoms with van der Waals surface area (Å²) in [6.07, 6.45) is 7.52. The molecule has 0 bridgehead atoms. The summed E-state index contributed by atoms with van der Waals surface area (Å²) in [5.74, 6) is 1.22. The molecule has 0 unspecified atom stereocenters. The van der Waals surface area contributed by atoms with E-state index in [1.165, 1.54) is 12.5 Å². The van der Waals surface area contributed by atoms with Crippen LogP contribution < -0.4 is 4.74 Å².